The molecule has 2 aliphatic rings. The van der Waals surface area contributed by atoms with Crippen molar-refractivity contribution in [3.63, 3.8) is 0 Å². The van der Waals surface area contributed by atoms with Crippen LogP contribution in [-0.2, 0) is 14.3 Å². The number of morpholine rings is 1. The highest BCUT2D eigenvalue weighted by molar-refractivity contribution is 5.90. The molecule has 1 aliphatic carbocycles. The number of rotatable bonds is 4. The average Bonchev–Trinajstić information content (AvgIpc) is 3.65. The summed E-state index contributed by atoms with van der Waals surface area (Å²) in [4.78, 5) is 41.3. The zero-order chi connectivity index (χ0) is 23.4. The van der Waals surface area contributed by atoms with Crippen LogP contribution in [0, 0.1) is 5.92 Å². The number of carbonyl (C=O) groups is 2. The molecule has 0 radical (unpaired) electrons. The van der Waals surface area contributed by atoms with Crippen LogP contribution in [0.4, 0.5) is 17.5 Å². The topological polar surface area (TPSA) is 156 Å². The van der Waals surface area contributed by atoms with Crippen molar-refractivity contribution in [3.05, 3.63) is 30.5 Å². The molecule has 33 heavy (non-hydrogen) atoms. The van der Waals surface area contributed by atoms with Gasteiger partial charge in [0.25, 0.3) is 0 Å². The maximum absolute atomic E-state index is 11.4. The van der Waals surface area contributed by atoms with E-state index < -0.39 is 5.97 Å². The fourth-order valence-electron chi connectivity index (χ4n) is 3.23. The summed E-state index contributed by atoms with van der Waals surface area (Å²) >= 11 is 0. The molecule has 2 fully saturated rings. The minimum atomic E-state index is -0.630. The van der Waals surface area contributed by atoms with Gasteiger partial charge in [0.05, 0.1) is 31.0 Å². The molecule has 1 aliphatic heterocycles. The number of carbonyl (C=O) groups excluding carboxylic acids is 1. The summed E-state index contributed by atoms with van der Waals surface area (Å²) in [5.74, 6) is -0.00315. The SMILES string of the molecule is CC(=O)Nc1nc(N2CCOCC2)c2nc(-c3ccc(N)cc3)cnc2n1.O=C(O)C1CC1. The monoisotopic (exact) mass is 451 g/mol. The van der Waals surface area contributed by atoms with Crippen LogP contribution in [0.15, 0.2) is 30.5 Å². The lowest BCUT2D eigenvalue weighted by Crippen LogP contribution is -2.37. The fourth-order valence-corrected chi connectivity index (χ4v) is 3.23. The zero-order valence-corrected chi connectivity index (χ0v) is 18.2. The Morgan fingerprint density at radius 2 is 1.82 bits per heavy atom. The van der Waals surface area contributed by atoms with Gasteiger partial charge in [0, 0.05) is 31.3 Å². The number of nitrogen functional groups attached to an aromatic ring is 1. The van der Waals surface area contributed by atoms with E-state index in [1.165, 1.54) is 6.92 Å². The summed E-state index contributed by atoms with van der Waals surface area (Å²) in [6.45, 7) is 3.98. The first-order chi connectivity index (χ1) is 15.9. The number of hydrogen-bond donors (Lipinski definition) is 3. The summed E-state index contributed by atoms with van der Waals surface area (Å²) in [7, 11) is 0. The molecule has 11 nitrogen and oxygen atoms in total. The molecule has 1 aromatic carbocycles. The van der Waals surface area contributed by atoms with Crippen LogP contribution in [0.1, 0.15) is 19.8 Å². The smallest absolute Gasteiger partial charge is 0.306 e. The van der Waals surface area contributed by atoms with Gasteiger partial charge in [-0.15, -0.1) is 0 Å². The van der Waals surface area contributed by atoms with E-state index in [0.717, 1.165) is 18.4 Å². The molecule has 172 valence electrons. The summed E-state index contributed by atoms with van der Waals surface area (Å²) in [5.41, 5.74) is 9.06. The maximum atomic E-state index is 11.4. The molecule has 3 heterocycles. The molecule has 1 saturated heterocycles. The highest BCUT2D eigenvalue weighted by Gasteiger charge is 2.28. The second-order valence-electron chi connectivity index (χ2n) is 7.81. The molecule has 0 bridgehead atoms. The minimum absolute atomic E-state index is 0.0185. The van der Waals surface area contributed by atoms with Gasteiger partial charge in [-0.3, -0.25) is 14.9 Å². The lowest BCUT2D eigenvalue weighted by molar-refractivity contribution is -0.138. The Morgan fingerprint density at radius 1 is 1.12 bits per heavy atom. The van der Waals surface area contributed by atoms with Gasteiger partial charge >= 0.3 is 5.97 Å². The van der Waals surface area contributed by atoms with Crippen molar-refractivity contribution in [2.75, 3.05) is 42.3 Å². The van der Waals surface area contributed by atoms with E-state index in [-0.39, 0.29) is 17.8 Å². The average molecular weight is 451 g/mol. The number of ether oxygens (including phenoxy) is 1. The van der Waals surface area contributed by atoms with Gasteiger partial charge in [-0.05, 0) is 25.0 Å². The molecule has 0 unspecified atom stereocenters. The second kappa shape index (κ2) is 9.74. The molecular weight excluding hydrogens is 426 g/mol. The Labute approximate surface area is 190 Å². The third-order valence-electron chi connectivity index (χ3n) is 5.12. The van der Waals surface area contributed by atoms with Crippen molar-refractivity contribution < 1.29 is 19.4 Å². The maximum Gasteiger partial charge on any atom is 0.306 e. The number of carboxylic acids is 1. The Bertz CT molecular complexity index is 1160. The fraction of sp³-hybridized carbons (Fsp3) is 0.364. The lowest BCUT2D eigenvalue weighted by atomic mass is 10.1. The van der Waals surface area contributed by atoms with Crippen molar-refractivity contribution >= 4 is 40.5 Å². The summed E-state index contributed by atoms with van der Waals surface area (Å²) in [6, 6.07) is 7.43. The number of aromatic nitrogens is 4. The van der Waals surface area contributed by atoms with E-state index in [1.54, 1.807) is 6.20 Å². The number of carboxylic acid groups (broad SMARTS) is 1. The molecular formula is C22H25N7O4. The van der Waals surface area contributed by atoms with Crippen molar-refractivity contribution in [1.82, 2.24) is 19.9 Å². The first kappa shape index (κ1) is 22.3. The summed E-state index contributed by atoms with van der Waals surface area (Å²) in [5, 5.41) is 10.7. The van der Waals surface area contributed by atoms with Gasteiger partial charge in [-0.1, -0.05) is 12.1 Å². The predicted molar refractivity (Wildman–Crippen MR) is 123 cm³/mol. The summed E-state index contributed by atoms with van der Waals surface area (Å²) in [6.07, 6.45) is 3.45. The largest absolute Gasteiger partial charge is 0.481 e. The van der Waals surface area contributed by atoms with Gasteiger partial charge < -0.3 is 20.5 Å². The zero-order valence-electron chi connectivity index (χ0n) is 18.2. The highest BCUT2D eigenvalue weighted by Crippen LogP contribution is 2.28. The standard InChI is InChI=1S/C18H19N7O2.C4H6O2/c1-11(26)21-18-23-16-15(17(24-18)25-6-8-27-9-7-25)22-14(10-20-16)12-2-4-13(19)5-3-12;5-4(6)3-1-2-3/h2-5,10H,6-9,19H2,1H3,(H,20,21,23,24,26);3H,1-2H2,(H,5,6). The van der Waals surface area contributed by atoms with E-state index in [1.807, 2.05) is 24.3 Å². The van der Waals surface area contributed by atoms with Gasteiger partial charge in [0.1, 0.15) is 0 Å². The van der Waals surface area contributed by atoms with Crippen LogP contribution in [0.25, 0.3) is 22.4 Å². The highest BCUT2D eigenvalue weighted by atomic mass is 16.5. The van der Waals surface area contributed by atoms with Crippen molar-refractivity contribution in [3.8, 4) is 11.3 Å². The predicted octanol–water partition coefficient (Wildman–Crippen LogP) is 1.94. The first-order valence-electron chi connectivity index (χ1n) is 10.6. The van der Waals surface area contributed by atoms with E-state index in [4.69, 9.17) is 20.6 Å². The Morgan fingerprint density at radius 3 is 2.39 bits per heavy atom. The summed E-state index contributed by atoms with van der Waals surface area (Å²) < 4.78 is 5.43. The lowest BCUT2D eigenvalue weighted by Gasteiger charge is -2.28. The van der Waals surface area contributed by atoms with E-state index in [0.29, 0.717) is 54.7 Å². The number of amides is 1. The minimum Gasteiger partial charge on any atom is -0.481 e. The van der Waals surface area contributed by atoms with Gasteiger partial charge in [0.2, 0.25) is 11.9 Å². The number of anilines is 3. The van der Waals surface area contributed by atoms with Gasteiger partial charge in [-0.2, -0.15) is 9.97 Å². The van der Waals surface area contributed by atoms with Crippen molar-refractivity contribution in [2.45, 2.75) is 19.8 Å². The van der Waals surface area contributed by atoms with Crippen LogP contribution in [0.2, 0.25) is 0 Å². The number of fused-ring (bicyclic) bond motifs is 1. The molecule has 1 saturated carbocycles. The molecule has 4 N–H and O–H groups in total. The molecule has 5 rings (SSSR count). The van der Waals surface area contributed by atoms with Crippen molar-refractivity contribution in [2.24, 2.45) is 5.92 Å². The number of nitrogens with zero attached hydrogens (tertiary/aromatic N) is 5. The Hall–Kier alpha value is -3.86. The molecule has 0 atom stereocenters. The van der Waals surface area contributed by atoms with Crippen LogP contribution in [-0.4, -0.2) is 63.2 Å². The number of benzene rings is 1. The Kier molecular flexibility index (Phi) is 6.59. The van der Waals surface area contributed by atoms with E-state index in [2.05, 4.69) is 25.2 Å². The number of hydrogen-bond acceptors (Lipinski definition) is 9. The molecule has 3 aromatic rings. The third kappa shape index (κ3) is 5.69. The third-order valence-corrected chi connectivity index (χ3v) is 5.12. The van der Waals surface area contributed by atoms with Crippen LogP contribution < -0.4 is 16.0 Å². The number of aliphatic carboxylic acids is 1. The van der Waals surface area contributed by atoms with E-state index >= 15 is 0 Å². The molecule has 0 spiro atoms. The van der Waals surface area contributed by atoms with E-state index in [9.17, 15) is 9.59 Å². The molecule has 2 aromatic heterocycles. The van der Waals surface area contributed by atoms with Gasteiger partial charge in [-0.25, -0.2) is 9.97 Å². The van der Waals surface area contributed by atoms with Crippen LogP contribution in [0.3, 0.4) is 0 Å². The van der Waals surface area contributed by atoms with Crippen LogP contribution >= 0.6 is 0 Å². The number of nitrogens with two attached hydrogens (primary N) is 1. The Balaban J connectivity index is 0.000000376. The quantitative estimate of drug-likeness (QED) is 0.501. The molecule has 1 amide bonds. The normalized spacial score (nSPS) is 15.5. The van der Waals surface area contributed by atoms with Crippen molar-refractivity contribution in [1.29, 1.82) is 0 Å². The number of nitrogens with one attached hydrogen (secondary N) is 1. The second-order valence-corrected chi connectivity index (χ2v) is 7.81. The van der Waals surface area contributed by atoms with Crippen LogP contribution in [0.5, 0.6) is 0 Å². The van der Waals surface area contributed by atoms with Gasteiger partial charge in [0.15, 0.2) is 17.0 Å². The first-order valence-corrected chi connectivity index (χ1v) is 10.6. The molecule has 11 heteroatoms.